The number of piperazine rings is 1. The van der Waals surface area contributed by atoms with Crippen molar-refractivity contribution in [2.24, 2.45) is 0 Å². The summed E-state index contributed by atoms with van der Waals surface area (Å²) in [6.45, 7) is 3.77. The Morgan fingerprint density at radius 1 is 1.03 bits per heavy atom. The van der Waals surface area contributed by atoms with Gasteiger partial charge in [-0.3, -0.25) is 4.90 Å². The van der Waals surface area contributed by atoms with Crippen LogP contribution in [-0.2, 0) is 13.0 Å². The Morgan fingerprint density at radius 3 is 2.64 bits per heavy atom. The topological polar surface area (TPSA) is 53.6 Å². The molecule has 33 heavy (non-hydrogen) atoms. The average molecular weight is 447 g/mol. The van der Waals surface area contributed by atoms with Gasteiger partial charge in [0.15, 0.2) is 11.5 Å². The molecule has 2 heterocycles. The Kier molecular flexibility index (Phi) is 6.81. The molecule has 1 aliphatic heterocycles. The summed E-state index contributed by atoms with van der Waals surface area (Å²) in [5.41, 5.74) is 2.58. The van der Waals surface area contributed by atoms with Crippen LogP contribution in [0.5, 0.6) is 11.5 Å². The second-order valence-electron chi connectivity index (χ2n) is 9.16. The molecule has 0 bridgehead atoms. The molecule has 1 saturated heterocycles. The van der Waals surface area contributed by atoms with Crippen LogP contribution in [0, 0.1) is 0 Å². The van der Waals surface area contributed by atoms with Crippen LogP contribution in [-0.4, -0.2) is 53.8 Å². The van der Waals surface area contributed by atoms with Crippen molar-refractivity contribution < 1.29 is 9.47 Å². The summed E-state index contributed by atoms with van der Waals surface area (Å²) in [6, 6.07) is 17.6. The van der Waals surface area contributed by atoms with Crippen molar-refractivity contribution in [2.45, 2.75) is 50.8 Å². The molecule has 1 saturated carbocycles. The summed E-state index contributed by atoms with van der Waals surface area (Å²) in [5.74, 6) is 2.72. The van der Waals surface area contributed by atoms with Gasteiger partial charge in [0.25, 0.3) is 0 Å². The van der Waals surface area contributed by atoms with E-state index in [1.54, 1.807) is 7.11 Å². The minimum atomic E-state index is 0.310. The molecule has 1 aliphatic carbocycles. The van der Waals surface area contributed by atoms with Crippen molar-refractivity contribution in [1.29, 1.82) is 0 Å². The first-order valence-corrected chi connectivity index (χ1v) is 12.1. The molecule has 1 N–H and O–H groups in total. The van der Waals surface area contributed by atoms with Gasteiger partial charge in [0, 0.05) is 49.8 Å². The van der Waals surface area contributed by atoms with E-state index in [9.17, 15) is 0 Å². The number of imidazole rings is 1. The fourth-order valence-corrected chi connectivity index (χ4v) is 5.13. The van der Waals surface area contributed by atoms with E-state index in [0.717, 1.165) is 62.8 Å². The molecule has 0 radical (unpaired) electrons. The lowest BCUT2D eigenvalue weighted by atomic mass is 10.0. The highest BCUT2D eigenvalue weighted by atomic mass is 16.5. The Balaban J connectivity index is 1.35. The molecule has 6 heteroatoms. The van der Waals surface area contributed by atoms with Gasteiger partial charge in [0.2, 0.25) is 0 Å². The Hall–Kier alpha value is -2.99. The monoisotopic (exact) mass is 446 g/mol. The lowest BCUT2D eigenvalue weighted by Crippen LogP contribution is -2.53. The molecule has 3 aromatic rings. The number of methoxy groups -OCH3 is 1. The van der Waals surface area contributed by atoms with E-state index < -0.39 is 0 Å². The van der Waals surface area contributed by atoms with Crippen LogP contribution in [0.15, 0.2) is 60.9 Å². The van der Waals surface area contributed by atoms with Gasteiger partial charge in [0.05, 0.1) is 19.8 Å². The molecular weight excluding hydrogens is 412 g/mol. The zero-order chi connectivity index (χ0) is 22.5. The molecular formula is C27H34N4O2. The number of aromatic nitrogens is 2. The van der Waals surface area contributed by atoms with Crippen LogP contribution in [0.25, 0.3) is 0 Å². The van der Waals surface area contributed by atoms with E-state index in [1.807, 2.05) is 12.4 Å². The van der Waals surface area contributed by atoms with Crippen molar-refractivity contribution in [3.05, 3.63) is 72.3 Å². The fourth-order valence-electron chi connectivity index (χ4n) is 5.13. The fraction of sp³-hybridized carbons (Fsp3) is 0.444. The summed E-state index contributed by atoms with van der Waals surface area (Å²) in [6.07, 6.45) is 9.85. The maximum absolute atomic E-state index is 6.37. The first-order valence-electron chi connectivity index (χ1n) is 12.1. The number of aromatic amines is 1. The van der Waals surface area contributed by atoms with Crippen molar-refractivity contribution in [3.63, 3.8) is 0 Å². The van der Waals surface area contributed by atoms with Gasteiger partial charge in [-0.05, 0) is 49.8 Å². The lowest BCUT2D eigenvalue weighted by Gasteiger charge is -2.42. The van der Waals surface area contributed by atoms with E-state index in [1.165, 1.54) is 24.1 Å². The summed E-state index contributed by atoms with van der Waals surface area (Å²) in [7, 11) is 1.72. The zero-order valence-electron chi connectivity index (χ0n) is 19.5. The van der Waals surface area contributed by atoms with E-state index >= 15 is 0 Å². The first-order chi connectivity index (χ1) is 16.3. The van der Waals surface area contributed by atoms with Gasteiger partial charge in [-0.15, -0.1) is 0 Å². The van der Waals surface area contributed by atoms with Crippen LogP contribution in [0.1, 0.15) is 37.1 Å². The maximum Gasteiger partial charge on any atom is 0.163 e. The second-order valence-corrected chi connectivity index (χ2v) is 9.16. The third-order valence-electron chi connectivity index (χ3n) is 6.93. The summed E-state index contributed by atoms with van der Waals surface area (Å²) in [4.78, 5) is 12.8. The van der Waals surface area contributed by atoms with Crippen LogP contribution < -0.4 is 14.4 Å². The minimum absolute atomic E-state index is 0.310. The van der Waals surface area contributed by atoms with Crippen LogP contribution in [0.2, 0.25) is 0 Å². The van der Waals surface area contributed by atoms with Gasteiger partial charge in [-0.25, -0.2) is 4.98 Å². The van der Waals surface area contributed by atoms with E-state index in [0.29, 0.717) is 12.1 Å². The maximum atomic E-state index is 6.37. The molecule has 174 valence electrons. The number of nitrogens with one attached hydrogen (secondary N) is 1. The third kappa shape index (κ3) is 5.33. The van der Waals surface area contributed by atoms with E-state index in [2.05, 4.69) is 68.3 Å². The smallest absolute Gasteiger partial charge is 0.163 e. The van der Waals surface area contributed by atoms with Gasteiger partial charge in [0.1, 0.15) is 5.82 Å². The van der Waals surface area contributed by atoms with Crippen molar-refractivity contribution in [2.75, 3.05) is 31.6 Å². The van der Waals surface area contributed by atoms with Crippen LogP contribution in [0.3, 0.4) is 0 Å². The molecule has 1 unspecified atom stereocenters. The summed E-state index contributed by atoms with van der Waals surface area (Å²) < 4.78 is 12.0. The molecule has 5 rings (SSSR count). The molecule has 2 aromatic carbocycles. The third-order valence-corrected chi connectivity index (χ3v) is 6.93. The molecule has 1 aromatic heterocycles. The molecule has 2 aliphatic rings. The highest BCUT2D eigenvalue weighted by molar-refractivity contribution is 5.57. The van der Waals surface area contributed by atoms with Gasteiger partial charge in [-0.2, -0.15) is 0 Å². The number of nitrogens with zero attached hydrogens (tertiary/aromatic N) is 3. The lowest BCUT2D eigenvalue weighted by molar-refractivity contribution is 0.163. The highest BCUT2D eigenvalue weighted by Gasteiger charge is 2.29. The van der Waals surface area contributed by atoms with Crippen LogP contribution in [0.4, 0.5) is 5.69 Å². The Bertz CT molecular complexity index is 1000. The average Bonchev–Trinajstić information content (AvgIpc) is 3.55. The molecule has 6 nitrogen and oxygen atoms in total. The number of benzene rings is 2. The van der Waals surface area contributed by atoms with Crippen molar-refractivity contribution in [3.8, 4) is 11.5 Å². The number of hydrogen-bond acceptors (Lipinski definition) is 5. The SMILES string of the molecule is COc1ccc(N2CCN(Cc3ncc[nH]3)C(Cc3ccccc3)C2)cc1OC1CCCC1. The van der Waals surface area contributed by atoms with Crippen molar-refractivity contribution in [1.82, 2.24) is 14.9 Å². The Labute approximate surface area is 196 Å². The number of anilines is 1. The molecule has 1 atom stereocenters. The van der Waals surface area contributed by atoms with Crippen molar-refractivity contribution >= 4 is 5.69 Å². The Morgan fingerprint density at radius 2 is 1.88 bits per heavy atom. The normalized spacial score (nSPS) is 19.7. The van der Waals surface area contributed by atoms with Gasteiger partial charge < -0.3 is 19.4 Å². The molecule has 0 spiro atoms. The quantitative estimate of drug-likeness (QED) is 0.545. The molecule has 2 fully saturated rings. The standard InChI is InChI=1S/C27H34N4O2/c1-32-25-12-11-22(18-26(25)33-24-9-5-6-10-24)30-15-16-31(20-27-28-13-14-29-27)23(19-30)17-21-7-3-2-4-8-21/h2-4,7-8,11-14,18,23-24H,5-6,9-10,15-17,19-20H2,1H3,(H,28,29). The largest absolute Gasteiger partial charge is 0.493 e. The van der Waals surface area contributed by atoms with Gasteiger partial charge in [-0.1, -0.05) is 30.3 Å². The molecule has 0 amide bonds. The predicted octanol–water partition coefficient (Wildman–Crippen LogP) is 4.67. The highest BCUT2D eigenvalue weighted by Crippen LogP contribution is 2.36. The minimum Gasteiger partial charge on any atom is -0.493 e. The number of ether oxygens (including phenoxy) is 2. The van der Waals surface area contributed by atoms with Gasteiger partial charge >= 0.3 is 0 Å². The number of hydrogen-bond donors (Lipinski definition) is 1. The second kappa shape index (κ2) is 10.3. The van der Waals surface area contributed by atoms with E-state index in [4.69, 9.17) is 9.47 Å². The first kappa shape index (κ1) is 21.8. The number of H-pyrrole nitrogens is 1. The summed E-state index contributed by atoms with van der Waals surface area (Å²) in [5, 5.41) is 0. The predicted molar refractivity (Wildman–Crippen MR) is 131 cm³/mol. The van der Waals surface area contributed by atoms with Crippen LogP contribution >= 0.6 is 0 Å². The summed E-state index contributed by atoms with van der Waals surface area (Å²) >= 11 is 0. The zero-order valence-corrected chi connectivity index (χ0v) is 19.5. The number of rotatable bonds is 8. The van der Waals surface area contributed by atoms with E-state index in [-0.39, 0.29) is 0 Å².